The number of hydrogen-bond acceptors (Lipinski definition) is 7. The summed E-state index contributed by atoms with van der Waals surface area (Å²) in [6.07, 6.45) is 5.16. The van der Waals surface area contributed by atoms with E-state index in [0.29, 0.717) is 38.6 Å². The van der Waals surface area contributed by atoms with Gasteiger partial charge < -0.3 is 14.5 Å². The van der Waals surface area contributed by atoms with Crippen molar-refractivity contribution in [2.75, 3.05) is 44.2 Å². The molecule has 4 aliphatic rings. The predicted molar refractivity (Wildman–Crippen MR) is 169 cm³/mol. The Morgan fingerprint density at radius 3 is 2.84 bits per heavy atom. The predicted octanol–water partition coefficient (Wildman–Crippen LogP) is 5.80. The maximum absolute atomic E-state index is 14.5. The van der Waals surface area contributed by atoms with Crippen molar-refractivity contribution in [2.24, 2.45) is 5.92 Å². The van der Waals surface area contributed by atoms with Gasteiger partial charge in [0, 0.05) is 49.1 Å². The molecule has 240 valence electrons. The number of anilines is 1. The van der Waals surface area contributed by atoms with Gasteiger partial charge in [0.05, 0.1) is 29.8 Å². The average molecular weight is 639 g/mol. The second-order valence-corrected chi connectivity index (χ2v) is 13.5. The molecule has 3 saturated heterocycles. The highest BCUT2D eigenvalue weighted by Crippen LogP contribution is 2.43. The van der Waals surface area contributed by atoms with Gasteiger partial charge >= 0.3 is 6.01 Å². The number of alkyl halides is 1. The Labute approximate surface area is 269 Å². The molecule has 2 aromatic rings. The Kier molecular flexibility index (Phi) is 9.30. The van der Waals surface area contributed by atoms with Crippen molar-refractivity contribution in [1.29, 1.82) is 5.26 Å². The maximum Gasteiger partial charge on any atom is 0.318 e. The summed E-state index contributed by atoms with van der Waals surface area (Å²) in [5.41, 5.74) is 2.81. The summed E-state index contributed by atoms with van der Waals surface area (Å²) in [6.45, 7) is 8.04. The molecule has 0 saturated carbocycles. The number of amides is 1. The minimum Gasteiger partial charge on any atom is -0.461 e. The lowest BCUT2D eigenvalue weighted by Gasteiger charge is -2.42. The molecule has 1 aromatic heterocycles. The zero-order valence-electron chi connectivity index (χ0n) is 25.9. The van der Waals surface area contributed by atoms with Crippen LogP contribution in [0.25, 0.3) is 0 Å². The van der Waals surface area contributed by atoms with Crippen molar-refractivity contribution in [3.8, 4) is 12.1 Å². The molecule has 3 aliphatic heterocycles. The van der Waals surface area contributed by atoms with E-state index in [1.165, 1.54) is 4.90 Å². The van der Waals surface area contributed by atoms with Crippen LogP contribution in [0, 0.1) is 17.2 Å². The van der Waals surface area contributed by atoms with Gasteiger partial charge in [0.2, 0.25) is 0 Å². The lowest BCUT2D eigenvalue weighted by atomic mass is 9.76. The van der Waals surface area contributed by atoms with Crippen LogP contribution in [0.3, 0.4) is 0 Å². The van der Waals surface area contributed by atoms with E-state index in [-0.39, 0.29) is 30.4 Å². The Morgan fingerprint density at radius 1 is 1.24 bits per heavy atom. The van der Waals surface area contributed by atoms with Crippen molar-refractivity contribution < 1.29 is 18.3 Å². The number of ether oxygens (including phenoxy) is 1. The number of benzene rings is 1. The molecule has 0 spiro atoms. The van der Waals surface area contributed by atoms with E-state index >= 15 is 0 Å². The van der Waals surface area contributed by atoms with Crippen LogP contribution < -0.4 is 9.64 Å². The average Bonchev–Trinajstić information content (AvgIpc) is 3.55. The van der Waals surface area contributed by atoms with Gasteiger partial charge in [-0.25, -0.2) is 8.78 Å². The van der Waals surface area contributed by atoms with Crippen molar-refractivity contribution in [1.82, 2.24) is 19.8 Å². The van der Waals surface area contributed by atoms with Crippen LogP contribution >= 0.6 is 11.6 Å². The highest BCUT2D eigenvalue weighted by Gasteiger charge is 2.49. The third kappa shape index (κ3) is 6.39. The third-order valence-electron chi connectivity index (χ3n) is 10.5. The fourth-order valence-corrected chi connectivity index (χ4v) is 8.28. The van der Waals surface area contributed by atoms with Crippen LogP contribution in [-0.2, 0) is 17.6 Å². The van der Waals surface area contributed by atoms with Gasteiger partial charge in [-0.15, -0.1) is 0 Å². The first-order chi connectivity index (χ1) is 21.7. The molecule has 5 atom stereocenters. The number of rotatable bonds is 9. The van der Waals surface area contributed by atoms with E-state index in [9.17, 15) is 18.8 Å². The number of halogens is 3. The topological polar surface area (TPSA) is 85.6 Å². The van der Waals surface area contributed by atoms with E-state index < -0.39 is 23.9 Å². The molecule has 1 aromatic carbocycles. The Bertz CT molecular complexity index is 1490. The molecule has 45 heavy (non-hydrogen) atoms. The van der Waals surface area contributed by atoms with E-state index in [0.717, 1.165) is 72.7 Å². The summed E-state index contributed by atoms with van der Waals surface area (Å²) in [5, 5.41) is 10.3. The molecule has 11 heteroatoms. The molecule has 8 nitrogen and oxygen atoms in total. The lowest BCUT2D eigenvalue weighted by Crippen LogP contribution is -2.55. The zero-order valence-corrected chi connectivity index (χ0v) is 26.6. The SMILES string of the molecule is C=C(F)C(=O)N1CCN(c2nc(OCC34CCCN3CC(F)C4)nc3c2CCC(CCc2ccccc2Cl)C3C)CC1CC#N. The number of fused-ring (bicyclic) bond motifs is 2. The van der Waals surface area contributed by atoms with E-state index in [1.54, 1.807) is 0 Å². The smallest absolute Gasteiger partial charge is 0.318 e. The number of aromatic nitrogens is 2. The largest absolute Gasteiger partial charge is 0.461 e. The van der Waals surface area contributed by atoms with Crippen LogP contribution in [0.15, 0.2) is 36.7 Å². The fourth-order valence-electron chi connectivity index (χ4n) is 8.05. The maximum atomic E-state index is 14.5. The van der Waals surface area contributed by atoms with E-state index in [2.05, 4.69) is 35.4 Å². The van der Waals surface area contributed by atoms with Gasteiger partial charge in [-0.3, -0.25) is 9.69 Å². The summed E-state index contributed by atoms with van der Waals surface area (Å²) >= 11 is 6.46. The second kappa shape index (κ2) is 13.2. The normalized spacial score (nSPS) is 28.0. The molecule has 1 amide bonds. The molecule has 0 bridgehead atoms. The van der Waals surface area contributed by atoms with Crippen LogP contribution in [-0.4, -0.2) is 82.8 Å². The Balaban J connectivity index is 1.29. The Morgan fingerprint density at radius 2 is 2.07 bits per heavy atom. The molecule has 0 N–H and O–H groups in total. The summed E-state index contributed by atoms with van der Waals surface area (Å²) in [6, 6.07) is 9.89. The van der Waals surface area contributed by atoms with Crippen LogP contribution in [0.1, 0.15) is 68.2 Å². The number of nitriles is 1. The third-order valence-corrected chi connectivity index (χ3v) is 10.8. The standard InChI is InChI=1S/C34H41ClF2N6O2/c1-22-24(8-9-25-6-3-4-7-29(25)35)10-11-28-30(22)39-33(45-21-34-13-5-15-42(34)19-26(37)18-34)40-31(28)41-16-17-43(32(44)23(2)36)27(20-41)12-14-38/h3-4,6-7,22,24,26-27H,2,5,8-13,15-21H2,1H3. The van der Waals surface area contributed by atoms with Crippen LogP contribution in [0.2, 0.25) is 5.02 Å². The number of piperazine rings is 1. The van der Waals surface area contributed by atoms with Crippen molar-refractivity contribution in [3.63, 3.8) is 0 Å². The van der Waals surface area contributed by atoms with Crippen molar-refractivity contribution >= 4 is 23.3 Å². The summed E-state index contributed by atoms with van der Waals surface area (Å²) in [5.74, 6) is -0.540. The number of carbonyl (C=O) groups is 1. The van der Waals surface area contributed by atoms with Gasteiger partial charge in [0.15, 0.2) is 5.83 Å². The number of aryl methyl sites for hydroxylation is 1. The fraction of sp³-hybridized carbons (Fsp3) is 0.588. The number of hydrogen-bond donors (Lipinski definition) is 0. The molecule has 1 aliphatic carbocycles. The minimum absolute atomic E-state index is 0.0649. The summed E-state index contributed by atoms with van der Waals surface area (Å²) in [7, 11) is 0. The number of nitrogens with zero attached hydrogens (tertiary/aromatic N) is 6. The first-order valence-electron chi connectivity index (χ1n) is 16.1. The first-order valence-corrected chi connectivity index (χ1v) is 16.5. The zero-order chi connectivity index (χ0) is 31.7. The van der Waals surface area contributed by atoms with E-state index in [1.807, 2.05) is 18.2 Å². The van der Waals surface area contributed by atoms with Gasteiger partial charge in [-0.1, -0.05) is 43.3 Å². The summed E-state index contributed by atoms with van der Waals surface area (Å²) in [4.78, 5) is 28.2. The molecular weight excluding hydrogens is 598 g/mol. The van der Waals surface area contributed by atoms with E-state index in [4.69, 9.17) is 26.3 Å². The molecule has 4 heterocycles. The van der Waals surface area contributed by atoms with Crippen molar-refractivity contribution in [3.05, 3.63) is 58.5 Å². The first kappa shape index (κ1) is 31.7. The van der Waals surface area contributed by atoms with Gasteiger partial charge in [-0.05, 0) is 62.6 Å². The van der Waals surface area contributed by atoms with Gasteiger partial charge in [0.1, 0.15) is 18.6 Å². The lowest BCUT2D eigenvalue weighted by molar-refractivity contribution is -0.131. The molecule has 3 fully saturated rings. The molecule has 6 rings (SSSR count). The van der Waals surface area contributed by atoms with Crippen LogP contribution in [0.4, 0.5) is 14.6 Å². The quantitative estimate of drug-likeness (QED) is 0.321. The van der Waals surface area contributed by atoms with Crippen molar-refractivity contribution in [2.45, 2.75) is 82.0 Å². The van der Waals surface area contributed by atoms with Gasteiger partial charge in [-0.2, -0.15) is 15.2 Å². The minimum atomic E-state index is -1.03. The van der Waals surface area contributed by atoms with Gasteiger partial charge in [0.25, 0.3) is 5.91 Å². The highest BCUT2D eigenvalue weighted by atomic mass is 35.5. The second-order valence-electron chi connectivity index (χ2n) is 13.1. The number of carbonyl (C=O) groups excluding carboxylic acids is 1. The molecule has 0 radical (unpaired) electrons. The Hall–Kier alpha value is -3.29. The molecule has 5 unspecified atom stereocenters. The monoisotopic (exact) mass is 638 g/mol. The highest BCUT2D eigenvalue weighted by molar-refractivity contribution is 6.31. The molecular formula is C34H41ClF2N6O2. The summed E-state index contributed by atoms with van der Waals surface area (Å²) < 4.78 is 34.7. The van der Waals surface area contributed by atoms with Crippen LogP contribution in [0.5, 0.6) is 6.01 Å².